The molecule has 0 saturated heterocycles. The fourth-order valence-corrected chi connectivity index (χ4v) is 8.65. The number of rotatable bonds is 1. The normalized spacial score (nSPS) is 14.0. The highest BCUT2D eigenvalue weighted by Gasteiger charge is 2.53. The van der Waals surface area contributed by atoms with Crippen molar-refractivity contribution in [3.05, 3.63) is 184 Å². The van der Waals surface area contributed by atoms with E-state index in [0.717, 1.165) is 50.1 Å². The van der Waals surface area contributed by atoms with E-state index in [-0.39, 0.29) is 5.43 Å². The fourth-order valence-electron chi connectivity index (χ4n) is 8.65. The van der Waals surface area contributed by atoms with E-state index in [0.29, 0.717) is 21.9 Å². The average molecular weight is 616 g/mol. The molecule has 4 heteroatoms. The Kier molecular flexibility index (Phi) is 4.89. The summed E-state index contributed by atoms with van der Waals surface area (Å²) in [5, 5.41) is 3.25. The lowest BCUT2D eigenvalue weighted by Crippen LogP contribution is -2.36. The van der Waals surface area contributed by atoms with E-state index in [4.69, 9.17) is 8.83 Å². The second-order valence-electron chi connectivity index (χ2n) is 12.7. The average Bonchev–Trinajstić information content (AvgIpc) is 3.66. The minimum Gasteiger partial charge on any atom is -0.456 e. The van der Waals surface area contributed by atoms with E-state index in [1.54, 1.807) is 0 Å². The van der Waals surface area contributed by atoms with Gasteiger partial charge in [-0.2, -0.15) is 0 Å². The molecule has 3 heterocycles. The topological polar surface area (TPSA) is 46.6 Å². The molecule has 0 atom stereocenters. The molecule has 0 saturated carbocycles. The predicted molar refractivity (Wildman–Crippen MR) is 193 cm³/mol. The van der Waals surface area contributed by atoms with Gasteiger partial charge in [0.05, 0.1) is 33.2 Å². The summed E-state index contributed by atoms with van der Waals surface area (Å²) in [6.07, 6.45) is 0. The molecule has 0 N–H and O–H groups in total. The maximum Gasteiger partial charge on any atom is 0.202 e. The Morgan fingerprint density at radius 2 is 1.02 bits per heavy atom. The van der Waals surface area contributed by atoms with Crippen molar-refractivity contribution in [2.24, 2.45) is 0 Å². The summed E-state index contributed by atoms with van der Waals surface area (Å²) in [4.78, 5) is 16.6. The van der Waals surface area contributed by atoms with E-state index in [9.17, 15) is 4.79 Å². The van der Waals surface area contributed by atoms with Gasteiger partial charge in [0.2, 0.25) is 5.43 Å². The second-order valence-corrected chi connectivity index (χ2v) is 12.7. The van der Waals surface area contributed by atoms with E-state index >= 15 is 0 Å². The van der Waals surface area contributed by atoms with Crippen LogP contribution in [0.4, 0.5) is 17.1 Å². The van der Waals surface area contributed by atoms with Gasteiger partial charge in [-0.05, 0) is 76.3 Å². The summed E-state index contributed by atoms with van der Waals surface area (Å²) in [6.45, 7) is 0. The Morgan fingerprint density at radius 3 is 1.79 bits per heavy atom. The van der Waals surface area contributed by atoms with E-state index in [2.05, 4.69) is 102 Å². The molecule has 0 fully saturated rings. The molecular weight excluding hydrogens is 590 g/mol. The Balaban J connectivity index is 1.36. The summed E-state index contributed by atoms with van der Waals surface area (Å²) < 4.78 is 13.3. The van der Waals surface area contributed by atoms with Gasteiger partial charge in [0, 0.05) is 16.3 Å². The minimum atomic E-state index is -0.676. The molecule has 0 unspecified atom stereocenters. The number of hydrogen-bond donors (Lipinski definition) is 0. The van der Waals surface area contributed by atoms with Crippen molar-refractivity contribution in [3.63, 3.8) is 0 Å². The minimum absolute atomic E-state index is 0.0526. The number of nitrogens with zero attached hydrogens (tertiary/aromatic N) is 1. The van der Waals surface area contributed by atoms with E-state index < -0.39 is 5.41 Å². The first-order valence-electron chi connectivity index (χ1n) is 16.2. The number of anilines is 3. The van der Waals surface area contributed by atoms with Gasteiger partial charge < -0.3 is 13.7 Å². The molecule has 1 spiro atoms. The number of benzene rings is 7. The zero-order valence-electron chi connectivity index (χ0n) is 25.6. The Morgan fingerprint density at radius 1 is 0.438 bits per heavy atom. The second kappa shape index (κ2) is 9.11. The van der Waals surface area contributed by atoms with Gasteiger partial charge in [-0.1, -0.05) is 103 Å². The number of para-hydroxylation sites is 3. The van der Waals surface area contributed by atoms with Crippen LogP contribution in [0.1, 0.15) is 22.3 Å². The summed E-state index contributed by atoms with van der Waals surface area (Å²) in [5.74, 6) is 0. The summed E-state index contributed by atoms with van der Waals surface area (Å²) in [5.41, 5.74) is 11.9. The first kappa shape index (κ1) is 25.8. The van der Waals surface area contributed by atoms with Crippen molar-refractivity contribution < 1.29 is 8.83 Å². The highest BCUT2D eigenvalue weighted by Crippen LogP contribution is 2.65. The van der Waals surface area contributed by atoms with Crippen LogP contribution in [0.15, 0.2) is 165 Å². The Hall–Kier alpha value is -6.39. The van der Waals surface area contributed by atoms with Crippen molar-refractivity contribution in [1.29, 1.82) is 0 Å². The first-order chi connectivity index (χ1) is 23.7. The lowest BCUT2D eigenvalue weighted by atomic mass is 9.64. The zero-order valence-corrected chi connectivity index (χ0v) is 25.6. The summed E-state index contributed by atoms with van der Waals surface area (Å²) in [7, 11) is 0. The molecule has 7 aromatic carbocycles. The van der Waals surface area contributed by atoms with Crippen LogP contribution in [-0.4, -0.2) is 0 Å². The molecule has 2 aromatic heterocycles. The fraction of sp³-hybridized carbons (Fsp3) is 0.0227. The van der Waals surface area contributed by atoms with Crippen LogP contribution in [0.3, 0.4) is 0 Å². The molecule has 224 valence electrons. The molecule has 0 radical (unpaired) electrons. The van der Waals surface area contributed by atoms with Gasteiger partial charge >= 0.3 is 0 Å². The van der Waals surface area contributed by atoms with Crippen molar-refractivity contribution in [3.8, 4) is 11.1 Å². The molecule has 1 aliphatic heterocycles. The molecule has 4 nitrogen and oxygen atoms in total. The smallest absolute Gasteiger partial charge is 0.202 e. The quantitative estimate of drug-likeness (QED) is 0.172. The summed E-state index contributed by atoms with van der Waals surface area (Å²) >= 11 is 0. The van der Waals surface area contributed by atoms with Gasteiger partial charge in [0.25, 0.3) is 0 Å². The standard InChI is InChI=1S/C44H25NO3/c46-42-30-15-4-10-22-38(30)47-39-23-11-20-35(40(39)42)45-34-19-8-7-18-33(34)44(31-16-5-1-12-26(31)27-13-2-6-17-32(27)44)41-36(45)25-24-29-28-14-3-9-21-37(28)48-43(29)41/h1-25H. The Bertz CT molecular complexity index is 2850. The van der Waals surface area contributed by atoms with Crippen LogP contribution in [0, 0.1) is 0 Å². The maximum absolute atomic E-state index is 14.4. The van der Waals surface area contributed by atoms with Crippen molar-refractivity contribution in [2.45, 2.75) is 5.41 Å². The van der Waals surface area contributed by atoms with Gasteiger partial charge in [0.1, 0.15) is 22.3 Å². The lowest BCUT2D eigenvalue weighted by Gasteiger charge is -2.45. The Labute approximate surface area is 274 Å². The lowest BCUT2D eigenvalue weighted by molar-refractivity contribution is 0.646. The molecule has 1 aliphatic carbocycles. The number of hydrogen-bond acceptors (Lipinski definition) is 4. The predicted octanol–water partition coefficient (Wildman–Crippen LogP) is 11.0. The van der Waals surface area contributed by atoms with Crippen LogP contribution >= 0.6 is 0 Å². The zero-order chi connectivity index (χ0) is 31.6. The van der Waals surface area contributed by atoms with Crippen LogP contribution in [-0.2, 0) is 5.41 Å². The van der Waals surface area contributed by atoms with Gasteiger partial charge in [-0.3, -0.25) is 4.79 Å². The monoisotopic (exact) mass is 615 g/mol. The third-order valence-corrected chi connectivity index (χ3v) is 10.5. The van der Waals surface area contributed by atoms with Crippen LogP contribution < -0.4 is 10.3 Å². The molecule has 48 heavy (non-hydrogen) atoms. The van der Waals surface area contributed by atoms with Crippen LogP contribution in [0.5, 0.6) is 0 Å². The third kappa shape index (κ3) is 3.03. The van der Waals surface area contributed by atoms with Crippen molar-refractivity contribution in [2.75, 3.05) is 4.90 Å². The number of fused-ring (bicyclic) bond motifs is 15. The molecular formula is C44H25NO3. The SMILES string of the molecule is O=c1c2ccccc2oc2cccc(N3c4ccccc4C4(c5ccccc5-c5ccccc54)c4c3ccc3c4oc4ccccc43)c12. The van der Waals surface area contributed by atoms with Crippen LogP contribution in [0.25, 0.3) is 55.0 Å². The van der Waals surface area contributed by atoms with Crippen LogP contribution in [0.2, 0.25) is 0 Å². The van der Waals surface area contributed by atoms with E-state index in [1.165, 1.54) is 22.3 Å². The van der Waals surface area contributed by atoms with Gasteiger partial charge in [-0.15, -0.1) is 0 Å². The molecule has 2 aliphatic rings. The largest absolute Gasteiger partial charge is 0.456 e. The van der Waals surface area contributed by atoms with E-state index in [1.807, 2.05) is 54.6 Å². The summed E-state index contributed by atoms with van der Waals surface area (Å²) in [6, 6.07) is 52.2. The molecule has 9 aromatic rings. The molecule has 0 amide bonds. The highest BCUT2D eigenvalue weighted by atomic mass is 16.3. The molecule has 11 rings (SSSR count). The van der Waals surface area contributed by atoms with Crippen molar-refractivity contribution in [1.82, 2.24) is 0 Å². The molecule has 0 bridgehead atoms. The highest BCUT2D eigenvalue weighted by molar-refractivity contribution is 6.12. The van der Waals surface area contributed by atoms with Gasteiger partial charge in [0.15, 0.2) is 0 Å². The van der Waals surface area contributed by atoms with Crippen molar-refractivity contribution >= 4 is 60.9 Å². The third-order valence-electron chi connectivity index (χ3n) is 10.5. The number of furan rings is 1. The van der Waals surface area contributed by atoms with Gasteiger partial charge in [-0.25, -0.2) is 0 Å². The maximum atomic E-state index is 14.4. The first-order valence-corrected chi connectivity index (χ1v) is 16.2.